The summed E-state index contributed by atoms with van der Waals surface area (Å²) >= 11 is 0. The third-order valence-corrected chi connectivity index (χ3v) is 8.36. The molecule has 0 radical (unpaired) electrons. The van der Waals surface area contributed by atoms with Crippen molar-refractivity contribution in [3.05, 3.63) is 95.6 Å². The van der Waals surface area contributed by atoms with Crippen molar-refractivity contribution in [2.75, 3.05) is 39.3 Å². The largest absolute Gasteiger partial charge is 0.448 e. The number of nitrogens with zero attached hydrogens (tertiary/aromatic N) is 2. The number of hydrogen-bond acceptors (Lipinski definition) is 5. The molecule has 0 bridgehead atoms. The summed E-state index contributed by atoms with van der Waals surface area (Å²) in [5.74, 6) is -0.736. The van der Waals surface area contributed by atoms with E-state index in [0.29, 0.717) is 51.1 Å². The van der Waals surface area contributed by atoms with Gasteiger partial charge in [-0.15, -0.1) is 0 Å². The van der Waals surface area contributed by atoms with Crippen molar-refractivity contribution in [3.8, 4) is 11.1 Å². The van der Waals surface area contributed by atoms with E-state index in [-0.39, 0.29) is 30.6 Å². The summed E-state index contributed by atoms with van der Waals surface area (Å²) < 4.78 is 6.01. The molecule has 0 aromatic heterocycles. The first kappa shape index (κ1) is 25.3. The Bertz CT molecular complexity index is 1340. The van der Waals surface area contributed by atoms with Crippen LogP contribution in [0, 0.1) is 0 Å². The van der Waals surface area contributed by atoms with E-state index in [1.807, 2.05) is 30.3 Å². The minimum absolute atomic E-state index is 0.103. The quantitative estimate of drug-likeness (QED) is 0.394. The molecular formula is C32H33N3O4. The molecule has 7 heteroatoms. The maximum atomic E-state index is 14.2. The van der Waals surface area contributed by atoms with Crippen LogP contribution in [0.3, 0.4) is 0 Å². The van der Waals surface area contributed by atoms with Crippen molar-refractivity contribution in [3.63, 3.8) is 0 Å². The normalized spacial score (nSPS) is 20.7. The van der Waals surface area contributed by atoms with Crippen molar-refractivity contribution in [2.45, 2.75) is 30.7 Å². The summed E-state index contributed by atoms with van der Waals surface area (Å²) in [6, 6.07) is 25.2. The van der Waals surface area contributed by atoms with E-state index in [0.717, 1.165) is 22.3 Å². The Hall–Kier alpha value is -3.97. The van der Waals surface area contributed by atoms with Crippen molar-refractivity contribution in [1.29, 1.82) is 0 Å². The summed E-state index contributed by atoms with van der Waals surface area (Å²) in [4.78, 5) is 45.5. The monoisotopic (exact) mass is 523 g/mol. The molecule has 6 rings (SSSR count). The molecule has 2 amide bonds. The van der Waals surface area contributed by atoms with Crippen molar-refractivity contribution in [1.82, 2.24) is 15.1 Å². The van der Waals surface area contributed by atoms with Crippen molar-refractivity contribution < 1.29 is 19.1 Å². The standard InChI is InChI=1S/C32H33N3O4/c36-29(23-10-2-1-3-11-23)32(30(37)34-20-17-33-18-21-34)16-8-9-19-35(32)31(38)39-22-28-26-14-6-4-12-24(26)25-13-5-7-15-27(25)28/h1-7,10-15,28,33H,8-9,16-22H2. The molecule has 1 atom stereocenters. The first-order chi connectivity index (χ1) is 19.1. The number of Topliss-reactive ketones (excluding diaryl/α,β-unsaturated/α-hetero) is 1. The van der Waals surface area contributed by atoms with Crippen LogP contribution in [0.5, 0.6) is 0 Å². The molecule has 3 aromatic carbocycles. The lowest BCUT2D eigenvalue weighted by Crippen LogP contribution is -2.68. The van der Waals surface area contributed by atoms with Crippen LogP contribution in [0.2, 0.25) is 0 Å². The van der Waals surface area contributed by atoms with Gasteiger partial charge >= 0.3 is 6.09 Å². The fourth-order valence-electron chi connectivity index (χ4n) is 6.41. The Kier molecular flexibility index (Phi) is 6.92. The van der Waals surface area contributed by atoms with Crippen LogP contribution in [0.4, 0.5) is 4.79 Å². The van der Waals surface area contributed by atoms with E-state index >= 15 is 0 Å². The van der Waals surface area contributed by atoms with Gasteiger partial charge in [0.05, 0.1) is 0 Å². The zero-order chi connectivity index (χ0) is 26.8. The number of piperazine rings is 1. The van der Waals surface area contributed by atoms with Gasteiger partial charge in [-0.2, -0.15) is 0 Å². The van der Waals surface area contributed by atoms with E-state index in [2.05, 4.69) is 29.6 Å². The van der Waals surface area contributed by atoms with Crippen LogP contribution in [0.15, 0.2) is 78.9 Å². The molecule has 2 saturated heterocycles. The Balaban J connectivity index is 1.32. The van der Waals surface area contributed by atoms with Crippen LogP contribution < -0.4 is 5.32 Å². The summed E-state index contributed by atoms with van der Waals surface area (Å²) in [5.41, 5.74) is 3.35. The molecule has 1 N–H and O–H groups in total. The molecule has 200 valence electrons. The second kappa shape index (κ2) is 10.7. The van der Waals surface area contributed by atoms with E-state index in [1.54, 1.807) is 29.2 Å². The number of rotatable bonds is 5. The van der Waals surface area contributed by atoms with Gasteiger partial charge in [-0.1, -0.05) is 78.9 Å². The number of carbonyl (C=O) groups excluding carboxylic acids is 3. The van der Waals surface area contributed by atoms with Gasteiger partial charge in [0.15, 0.2) is 11.3 Å². The Labute approximate surface area is 228 Å². The first-order valence-electron chi connectivity index (χ1n) is 13.8. The van der Waals surface area contributed by atoms with Gasteiger partial charge in [0.25, 0.3) is 5.91 Å². The second-order valence-electron chi connectivity index (χ2n) is 10.5. The number of nitrogens with one attached hydrogen (secondary N) is 1. The molecule has 0 saturated carbocycles. The molecule has 3 aromatic rings. The number of likely N-dealkylation sites (tertiary alicyclic amines) is 1. The van der Waals surface area contributed by atoms with E-state index < -0.39 is 11.6 Å². The first-order valence-corrected chi connectivity index (χ1v) is 13.8. The number of benzene rings is 3. The predicted molar refractivity (Wildman–Crippen MR) is 149 cm³/mol. The molecule has 0 spiro atoms. The van der Waals surface area contributed by atoms with Crippen molar-refractivity contribution in [2.24, 2.45) is 0 Å². The number of fused-ring (bicyclic) bond motifs is 3. The van der Waals surface area contributed by atoms with Gasteiger partial charge in [-0.3, -0.25) is 14.5 Å². The third kappa shape index (κ3) is 4.40. The number of carbonyl (C=O) groups is 3. The van der Waals surface area contributed by atoms with Gasteiger partial charge in [0.2, 0.25) is 0 Å². The molecule has 1 aliphatic carbocycles. The fourth-order valence-corrected chi connectivity index (χ4v) is 6.41. The number of ketones is 1. The highest BCUT2D eigenvalue weighted by atomic mass is 16.6. The van der Waals surface area contributed by atoms with Crippen molar-refractivity contribution >= 4 is 17.8 Å². The number of amides is 2. The van der Waals surface area contributed by atoms with E-state index in [9.17, 15) is 14.4 Å². The van der Waals surface area contributed by atoms with Crippen LogP contribution in [0.25, 0.3) is 11.1 Å². The van der Waals surface area contributed by atoms with E-state index in [1.165, 1.54) is 4.90 Å². The summed E-state index contributed by atoms with van der Waals surface area (Å²) in [6.07, 6.45) is 1.07. The van der Waals surface area contributed by atoms with Crippen LogP contribution >= 0.6 is 0 Å². The topological polar surface area (TPSA) is 79.0 Å². The second-order valence-corrected chi connectivity index (χ2v) is 10.5. The molecule has 39 heavy (non-hydrogen) atoms. The lowest BCUT2D eigenvalue weighted by Gasteiger charge is -2.46. The number of hydrogen-bond donors (Lipinski definition) is 1. The molecule has 3 aliphatic rings. The minimum atomic E-state index is -1.61. The number of ether oxygens (including phenoxy) is 1. The van der Waals surface area contributed by atoms with Gasteiger partial charge in [-0.05, 0) is 41.5 Å². The van der Waals surface area contributed by atoms with E-state index in [4.69, 9.17) is 4.74 Å². The maximum Gasteiger partial charge on any atom is 0.411 e. The van der Waals surface area contributed by atoms with Gasteiger partial charge in [-0.25, -0.2) is 4.79 Å². The SMILES string of the molecule is O=C(OCC1c2ccccc2-c2ccccc21)N1CCCCC1(C(=O)c1ccccc1)C(=O)N1CCNCC1. The Morgan fingerprint density at radius 3 is 2.08 bits per heavy atom. The van der Waals surface area contributed by atoms with Crippen LogP contribution in [-0.4, -0.2) is 72.5 Å². The summed E-state index contributed by atoms with van der Waals surface area (Å²) in [7, 11) is 0. The molecule has 7 nitrogen and oxygen atoms in total. The minimum Gasteiger partial charge on any atom is -0.448 e. The molecular weight excluding hydrogens is 490 g/mol. The highest BCUT2D eigenvalue weighted by Crippen LogP contribution is 2.45. The van der Waals surface area contributed by atoms with Gasteiger partial charge in [0.1, 0.15) is 6.61 Å². The molecule has 2 fully saturated rings. The lowest BCUT2D eigenvalue weighted by molar-refractivity contribution is -0.143. The molecule has 2 aliphatic heterocycles. The third-order valence-electron chi connectivity index (χ3n) is 8.36. The number of piperidine rings is 1. The Morgan fingerprint density at radius 1 is 0.795 bits per heavy atom. The van der Waals surface area contributed by atoms with Crippen LogP contribution in [0.1, 0.15) is 46.7 Å². The average Bonchev–Trinajstić information content (AvgIpc) is 3.33. The van der Waals surface area contributed by atoms with Gasteiger partial charge < -0.3 is 15.0 Å². The molecule has 1 unspecified atom stereocenters. The van der Waals surface area contributed by atoms with Gasteiger partial charge in [0, 0.05) is 44.2 Å². The molecule has 2 heterocycles. The highest BCUT2D eigenvalue weighted by Gasteiger charge is 2.56. The smallest absolute Gasteiger partial charge is 0.411 e. The average molecular weight is 524 g/mol. The fraction of sp³-hybridized carbons (Fsp3) is 0.344. The lowest BCUT2D eigenvalue weighted by atomic mass is 9.78. The zero-order valence-corrected chi connectivity index (χ0v) is 22.0. The zero-order valence-electron chi connectivity index (χ0n) is 22.0. The summed E-state index contributed by atoms with van der Waals surface area (Å²) in [6.45, 7) is 2.76. The summed E-state index contributed by atoms with van der Waals surface area (Å²) in [5, 5.41) is 3.26. The maximum absolute atomic E-state index is 14.2. The predicted octanol–water partition coefficient (Wildman–Crippen LogP) is 4.47. The highest BCUT2D eigenvalue weighted by molar-refractivity contribution is 6.19. The van der Waals surface area contributed by atoms with Crippen LogP contribution in [-0.2, 0) is 9.53 Å². The Morgan fingerprint density at radius 2 is 1.41 bits per heavy atom.